The van der Waals surface area contributed by atoms with Crippen molar-refractivity contribution in [2.75, 3.05) is 6.61 Å². The normalized spacial score (nSPS) is 21.4. The maximum atomic E-state index is 12.9. The first-order chi connectivity index (χ1) is 11.1. The van der Waals surface area contributed by atoms with Gasteiger partial charge in [-0.3, -0.25) is 4.90 Å². The summed E-state index contributed by atoms with van der Waals surface area (Å²) in [6.07, 6.45) is 0.240. The van der Waals surface area contributed by atoms with Gasteiger partial charge in [-0.2, -0.15) is 0 Å². The largest absolute Gasteiger partial charge is 0.444 e. The van der Waals surface area contributed by atoms with Crippen LogP contribution in [0.4, 0.5) is 4.79 Å². The van der Waals surface area contributed by atoms with Crippen molar-refractivity contribution >= 4 is 6.09 Å². The Morgan fingerprint density at radius 2 is 1.88 bits per heavy atom. The Morgan fingerprint density at radius 3 is 2.38 bits per heavy atom. The zero-order chi connectivity index (χ0) is 18.1. The molecule has 4 nitrogen and oxygen atoms in total. The third kappa shape index (κ3) is 4.29. The van der Waals surface area contributed by atoms with Gasteiger partial charge in [-0.25, -0.2) is 4.79 Å². The lowest BCUT2D eigenvalue weighted by Crippen LogP contribution is -2.42. The Kier molecular flexibility index (Phi) is 5.59. The lowest BCUT2D eigenvalue weighted by atomic mass is 9.99. The fraction of sp³-hybridized carbons (Fsp3) is 0.650. The van der Waals surface area contributed by atoms with Crippen molar-refractivity contribution in [2.45, 2.75) is 72.8 Å². The van der Waals surface area contributed by atoms with Crippen LogP contribution in [-0.2, 0) is 9.47 Å². The Labute approximate surface area is 146 Å². The summed E-state index contributed by atoms with van der Waals surface area (Å²) in [7, 11) is 0. The smallest absolute Gasteiger partial charge is 0.412 e. The van der Waals surface area contributed by atoms with Crippen molar-refractivity contribution in [3.8, 4) is 0 Å². The van der Waals surface area contributed by atoms with E-state index < -0.39 is 5.60 Å². The molecule has 0 saturated carbocycles. The molecule has 24 heavy (non-hydrogen) atoms. The van der Waals surface area contributed by atoms with Crippen LogP contribution in [0, 0.1) is 19.8 Å². The molecule has 1 aromatic rings. The van der Waals surface area contributed by atoms with Crippen LogP contribution < -0.4 is 0 Å². The first-order valence-electron chi connectivity index (χ1n) is 8.79. The summed E-state index contributed by atoms with van der Waals surface area (Å²) in [5, 5.41) is 0. The van der Waals surface area contributed by atoms with Gasteiger partial charge in [-0.15, -0.1) is 0 Å². The summed E-state index contributed by atoms with van der Waals surface area (Å²) in [6.45, 7) is 14.7. The van der Waals surface area contributed by atoms with Gasteiger partial charge in [0.15, 0.2) is 6.23 Å². The number of hydrogen-bond donors (Lipinski definition) is 0. The predicted octanol–water partition coefficient (Wildman–Crippen LogP) is 4.98. The number of aryl methyl sites for hydroxylation is 2. The standard InChI is InChI=1S/C20H31NO3/c1-13(2)11-16-12-23-18(17-14(3)9-8-10-15(17)4)21(16)19(22)24-20(5,6)7/h8-10,13,16,18H,11-12H2,1-7H3. The van der Waals surface area contributed by atoms with Crippen molar-refractivity contribution in [3.63, 3.8) is 0 Å². The summed E-state index contributed by atoms with van der Waals surface area (Å²) in [6, 6.07) is 6.21. The Hall–Kier alpha value is -1.55. The lowest BCUT2D eigenvalue weighted by molar-refractivity contribution is -0.0152. The Balaban J connectivity index is 2.37. The summed E-state index contributed by atoms with van der Waals surface area (Å²) in [4.78, 5) is 14.7. The van der Waals surface area contributed by atoms with E-state index in [1.807, 2.05) is 26.8 Å². The molecule has 1 saturated heterocycles. The molecule has 4 heteroatoms. The fourth-order valence-corrected chi connectivity index (χ4v) is 3.28. The van der Waals surface area contributed by atoms with E-state index in [2.05, 4.69) is 39.8 Å². The molecule has 1 heterocycles. The highest BCUT2D eigenvalue weighted by molar-refractivity contribution is 5.69. The Morgan fingerprint density at radius 1 is 1.29 bits per heavy atom. The minimum atomic E-state index is -0.520. The molecule has 1 aliphatic rings. The second-order valence-electron chi connectivity index (χ2n) is 8.16. The van der Waals surface area contributed by atoms with Gasteiger partial charge in [0, 0.05) is 5.56 Å². The molecule has 2 atom stereocenters. The molecule has 2 rings (SSSR count). The highest BCUT2D eigenvalue weighted by Crippen LogP contribution is 2.37. The molecule has 0 aliphatic carbocycles. The van der Waals surface area contributed by atoms with Gasteiger partial charge < -0.3 is 9.47 Å². The minimum absolute atomic E-state index is 0.0452. The SMILES string of the molecule is Cc1cccc(C)c1C1OCC(CC(C)C)N1C(=O)OC(C)(C)C. The van der Waals surface area contributed by atoms with Crippen LogP contribution in [0.2, 0.25) is 0 Å². The predicted molar refractivity (Wildman–Crippen MR) is 95.9 cm³/mol. The van der Waals surface area contributed by atoms with Gasteiger partial charge in [0.05, 0.1) is 12.6 Å². The molecule has 0 radical (unpaired) electrons. The molecule has 0 N–H and O–H groups in total. The number of hydrogen-bond acceptors (Lipinski definition) is 3. The van der Waals surface area contributed by atoms with Crippen LogP contribution in [-0.4, -0.2) is 29.2 Å². The van der Waals surface area contributed by atoms with Crippen molar-refractivity contribution in [3.05, 3.63) is 34.9 Å². The van der Waals surface area contributed by atoms with Gasteiger partial charge in [-0.05, 0) is 58.1 Å². The molecule has 1 aromatic carbocycles. The van der Waals surface area contributed by atoms with E-state index in [4.69, 9.17) is 9.47 Å². The highest BCUT2D eigenvalue weighted by atomic mass is 16.6. The number of amides is 1. The monoisotopic (exact) mass is 333 g/mol. The average molecular weight is 333 g/mol. The first kappa shape index (κ1) is 18.8. The van der Waals surface area contributed by atoms with Gasteiger partial charge in [-0.1, -0.05) is 32.0 Å². The molecule has 2 unspecified atom stereocenters. The van der Waals surface area contributed by atoms with E-state index in [1.54, 1.807) is 4.90 Å². The van der Waals surface area contributed by atoms with E-state index in [-0.39, 0.29) is 18.4 Å². The van der Waals surface area contributed by atoms with Crippen LogP contribution in [0.25, 0.3) is 0 Å². The van der Waals surface area contributed by atoms with Crippen molar-refractivity contribution in [1.29, 1.82) is 0 Å². The van der Waals surface area contributed by atoms with E-state index in [1.165, 1.54) is 0 Å². The molecule has 134 valence electrons. The summed E-state index contributed by atoms with van der Waals surface area (Å²) >= 11 is 0. The fourth-order valence-electron chi connectivity index (χ4n) is 3.28. The zero-order valence-electron chi connectivity index (χ0n) is 16.1. The summed E-state index contributed by atoms with van der Waals surface area (Å²) < 4.78 is 11.8. The van der Waals surface area contributed by atoms with Crippen LogP contribution in [0.3, 0.4) is 0 Å². The van der Waals surface area contributed by atoms with Crippen LogP contribution in [0.1, 0.15) is 64.0 Å². The van der Waals surface area contributed by atoms with E-state index in [0.717, 1.165) is 23.1 Å². The molecule has 0 bridgehead atoms. The maximum absolute atomic E-state index is 12.9. The number of carbonyl (C=O) groups excluding carboxylic acids is 1. The van der Waals surface area contributed by atoms with Gasteiger partial charge in [0.25, 0.3) is 0 Å². The summed E-state index contributed by atoms with van der Waals surface area (Å²) in [5.41, 5.74) is 2.83. The minimum Gasteiger partial charge on any atom is -0.444 e. The van der Waals surface area contributed by atoms with Crippen LogP contribution >= 0.6 is 0 Å². The number of ether oxygens (including phenoxy) is 2. The van der Waals surface area contributed by atoms with E-state index in [9.17, 15) is 4.79 Å². The van der Waals surface area contributed by atoms with Gasteiger partial charge in [0.2, 0.25) is 0 Å². The zero-order valence-corrected chi connectivity index (χ0v) is 16.1. The average Bonchev–Trinajstić information content (AvgIpc) is 2.79. The van der Waals surface area contributed by atoms with Gasteiger partial charge >= 0.3 is 6.09 Å². The lowest BCUT2D eigenvalue weighted by Gasteiger charge is -2.32. The molecule has 0 aromatic heterocycles. The van der Waals surface area contributed by atoms with Crippen LogP contribution in [0.5, 0.6) is 0 Å². The number of carbonyl (C=O) groups is 1. The molecular weight excluding hydrogens is 302 g/mol. The Bertz CT molecular complexity index is 569. The third-order valence-corrected chi connectivity index (χ3v) is 4.23. The summed E-state index contributed by atoms with van der Waals surface area (Å²) in [5.74, 6) is 0.486. The molecule has 0 spiro atoms. The highest BCUT2D eigenvalue weighted by Gasteiger charge is 2.42. The third-order valence-electron chi connectivity index (χ3n) is 4.23. The van der Waals surface area contributed by atoms with Crippen LogP contribution in [0.15, 0.2) is 18.2 Å². The number of nitrogens with zero attached hydrogens (tertiary/aromatic N) is 1. The molecule has 1 amide bonds. The quantitative estimate of drug-likeness (QED) is 0.782. The van der Waals surface area contributed by atoms with Gasteiger partial charge in [0.1, 0.15) is 5.60 Å². The second-order valence-corrected chi connectivity index (χ2v) is 8.16. The number of benzene rings is 1. The van der Waals surface area contributed by atoms with Crippen molar-refractivity contribution in [2.24, 2.45) is 5.92 Å². The number of rotatable bonds is 3. The molecule has 1 aliphatic heterocycles. The second kappa shape index (κ2) is 7.14. The first-order valence-corrected chi connectivity index (χ1v) is 8.79. The van der Waals surface area contributed by atoms with Crippen molar-refractivity contribution < 1.29 is 14.3 Å². The van der Waals surface area contributed by atoms with Crippen molar-refractivity contribution in [1.82, 2.24) is 4.90 Å². The van der Waals surface area contributed by atoms with E-state index in [0.29, 0.717) is 12.5 Å². The van der Waals surface area contributed by atoms with E-state index >= 15 is 0 Å². The molecular formula is C20H31NO3. The molecule has 1 fully saturated rings. The maximum Gasteiger partial charge on any atom is 0.412 e. The topological polar surface area (TPSA) is 38.8 Å².